The van der Waals surface area contributed by atoms with Gasteiger partial charge in [-0.15, -0.1) is 0 Å². The molecular weight excluding hydrogens is 318 g/mol. The molecule has 2 rings (SSSR count). The number of unbranched alkanes of at least 4 members (excludes halogenated alkanes) is 1. The Morgan fingerprint density at radius 2 is 1.80 bits per heavy atom. The quantitative estimate of drug-likeness (QED) is 0.513. The van der Waals surface area contributed by atoms with Gasteiger partial charge in [0.25, 0.3) is 0 Å². The first-order chi connectivity index (χ1) is 12.0. The van der Waals surface area contributed by atoms with Gasteiger partial charge in [-0.2, -0.15) is 0 Å². The summed E-state index contributed by atoms with van der Waals surface area (Å²) in [7, 11) is 0. The van der Waals surface area contributed by atoms with Gasteiger partial charge in [0.2, 0.25) is 5.91 Å². The number of fused-ring (bicyclic) bond motifs is 1. The van der Waals surface area contributed by atoms with E-state index in [-0.39, 0.29) is 0 Å². The van der Waals surface area contributed by atoms with Gasteiger partial charge in [-0.25, -0.2) is 4.79 Å². The largest absolute Gasteiger partial charge is 0.480 e. The van der Waals surface area contributed by atoms with Crippen LogP contribution in [0.5, 0.6) is 0 Å². The Hall–Kier alpha value is -2.44. The third kappa shape index (κ3) is 5.27. The lowest BCUT2D eigenvalue weighted by Crippen LogP contribution is -2.49. The molecule has 0 aliphatic heterocycles. The van der Waals surface area contributed by atoms with Crippen molar-refractivity contribution in [2.24, 2.45) is 11.5 Å². The van der Waals surface area contributed by atoms with Gasteiger partial charge >= 0.3 is 5.97 Å². The molecule has 6 N–H and O–H groups in total. The van der Waals surface area contributed by atoms with Crippen molar-refractivity contribution in [3.8, 4) is 0 Å². The zero-order chi connectivity index (χ0) is 18.2. The van der Waals surface area contributed by atoms with Crippen molar-refractivity contribution >= 4 is 22.6 Å². The number of carbonyl (C=O) groups excluding carboxylic acids is 1. The molecule has 0 unspecified atom stereocenters. The van der Waals surface area contributed by atoms with Gasteiger partial charge < -0.3 is 21.9 Å². The molecule has 0 heterocycles. The highest BCUT2D eigenvalue weighted by molar-refractivity contribution is 5.89. The van der Waals surface area contributed by atoms with Crippen molar-refractivity contribution in [2.75, 3.05) is 6.54 Å². The van der Waals surface area contributed by atoms with Crippen LogP contribution in [-0.4, -0.2) is 35.6 Å². The van der Waals surface area contributed by atoms with Gasteiger partial charge in [0.15, 0.2) is 0 Å². The zero-order valence-corrected chi connectivity index (χ0v) is 14.2. The summed E-state index contributed by atoms with van der Waals surface area (Å²) in [5.74, 6) is -1.50. The fourth-order valence-electron chi connectivity index (χ4n) is 2.83. The van der Waals surface area contributed by atoms with Gasteiger partial charge in [0, 0.05) is 0 Å². The molecule has 2 aromatic rings. The lowest BCUT2D eigenvalue weighted by atomic mass is 9.98. The second-order valence-corrected chi connectivity index (χ2v) is 6.13. The number of carboxylic acid groups (broad SMARTS) is 1. The van der Waals surface area contributed by atoms with Crippen LogP contribution in [0.25, 0.3) is 10.8 Å². The molecule has 0 aliphatic rings. The van der Waals surface area contributed by atoms with Gasteiger partial charge in [-0.1, -0.05) is 42.5 Å². The van der Waals surface area contributed by atoms with Crippen LogP contribution < -0.4 is 16.8 Å². The van der Waals surface area contributed by atoms with Gasteiger partial charge in [-0.05, 0) is 48.6 Å². The minimum atomic E-state index is -1.05. The number of amides is 1. The molecule has 0 saturated heterocycles. The molecule has 0 aliphatic carbocycles. The zero-order valence-electron chi connectivity index (χ0n) is 14.2. The fraction of sp³-hybridized carbons (Fsp3) is 0.368. The van der Waals surface area contributed by atoms with Crippen LogP contribution in [0.3, 0.4) is 0 Å². The molecule has 134 valence electrons. The smallest absolute Gasteiger partial charge is 0.326 e. The summed E-state index contributed by atoms with van der Waals surface area (Å²) in [6, 6.07) is 12.0. The van der Waals surface area contributed by atoms with E-state index in [0.717, 1.165) is 22.8 Å². The van der Waals surface area contributed by atoms with E-state index in [9.17, 15) is 14.7 Å². The van der Waals surface area contributed by atoms with Crippen LogP contribution >= 0.6 is 0 Å². The average Bonchev–Trinajstić information content (AvgIpc) is 2.61. The molecule has 0 bridgehead atoms. The number of benzene rings is 2. The third-order valence-electron chi connectivity index (χ3n) is 4.22. The number of hydrogen-bond acceptors (Lipinski definition) is 4. The highest BCUT2D eigenvalue weighted by Crippen LogP contribution is 2.19. The maximum atomic E-state index is 12.3. The van der Waals surface area contributed by atoms with Crippen molar-refractivity contribution in [1.82, 2.24) is 5.32 Å². The maximum absolute atomic E-state index is 12.3. The first-order valence-corrected chi connectivity index (χ1v) is 8.48. The molecule has 0 radical (unpaired) electrons. The molecule has 2 atom stereocenters. The van der Waals surface area contributed by atoms with E-state index >= 15 is 0 Å². The summed E-state index contributed by atoms with van der Waals surface area (Å²) in [4.78, 5) is 23.6. The van der Waals surface area contributed by atoms with Crippen molar-refractivity contribution in [3.05, 3.63) is 48.0 Å². The number of carbonyl (C=O) groups is 2. The van der Waals surface area contributed by atoms with Crippen molar-refractivity contribution in [2.45, 2.75) is 37.8 Å². The van der Waals surface area contributed by atoms with E-state index in [4.69, 9.17) is 11.5 Å². The monoisotopic (exact) mass is 343 g/mol. The fourth-order valence-corrected chi connectivity index (χ4v) is 2.83. The van der Waals surface area contributed by atoms with Crippen LogP contribution in [0.15, 0.2) is 42.5 Å². The van der Waals surface area contributed by atoms with Crippen molar-refractivity contribution < 1.29 is 14.7 Å². The summed E-state index contributed by atoms with van der Waals surface area (Å²) < 4.78 is 0. The lowest BCUT2D eigenvalue weighted by Gasteiger charge is -2.18. The predicted molar refractivity (Wildman–Crippen MR) is 98.1 cm³/mol. The lowest BCUT2D eigenvalue weighted by molar-refractivity contribution is -0.142. The van der Waals surface area contributed by atoms with Crippen molar-refractivity contribution in [1.29, 1.82) is 0 Å². The summed E-state index contributed by atoms with van der Waals surface area (Å²) >= 11 is 0. The second-order valence-electron chi connectivity index (χ2n) is 6.13. The predicted octanol–water partition coefficient (Wildman–Crippen LogP) is 1.41. The minimum Gasteiger partial charge on any atom is -0.480 e. The average molecular weight is 343 g/mol. The molecule has 0 aromatic heterocycles. The highest BCUT2D eigenvalue weighted by atomic mass is 16.4. The molecule has 1 amide bonds. The van der Waals surface area contributed by atoms with Gasteiger partial charge in [0.05, 0.1) is 6.04 Å². The Labute approximate surface area is 147 Å². The first-order valence-electron chi connectivity index (χ1n) is 8.48. The normalized spacial score (nSPS) is 13.4. The number of nitrogens with one attached hydrogen (secondary N) is 1. The summed E-state index contributed by atoms with van der Waals surface area (Å²) in [5.41, 5.74) is 12.4. The van der Waals surface area contributed by atoms with Crippen molar-refractivity contribution in [3.63, 3.8) is 0 Å². The van der Waals surface area contributed by atoms with E-state index < -0.39 is 24.0 Å². The van der Waals surface area contributed by atoms with E-state index in [0.29, 0.717) is 25.8 Å². The SMILES string of the molecule is NCCCC[C@H](NC(=O)[C@@H](N)Cc1cccc2ccccc12)C(=O)O. The van der Waals surface area contributed by atoms with Crippen LogP contribution in [-0.2, 0) is 16.0 Å². The minimum absolute atomic E-state index is 0.346. The molecule has 0 spiro atoms. The second kappa shape index (κ2) is 9.15. The Balaban J connectivity index is 2.02. The van der Waals surface area contributed by atoms with E-state index in [2.05, 4.69) is 5.32 Å². The van der Waals surface area contributed by atoms with E-state index in [1.165, 1.54) is 0 Å². The summed E-state index contributed by atoms with van der Waals surface area (Å²) in [5, 5.41) is 13.9. The topological polar surface area (TPSA) is 118 Å². The molecule has 0 fully saturated rings. The molecule has 6 nitrogen and oxygen atoms in total. The maximum Gasteiger partial charge on any atom is 0.326 e. The molecular formula is C19H25N3O3. The third-order valence-corrected chi connectivity index (χ3v) is 4.22. The highest BCUT2D eigenvalue weighted by Gasteiger charge is 2.23. The first kappa shape index (κ1) is 18.9. The Morgan fingerprint density at radius 1 is 1.08 bits per heavy atom. The number of nitrogens with two attached hydrogens (primary N) is 2. The number of carboxylic acids is 1. The Kier molecular flexibility index (Phi) is 6.91. The number of rotatable bonds is 9. The molecule has 2 aromatic carbocycles. The van der Waals surface area contributed by atoms with E-state index in [1.54, 1.807) is 0 Å². The number of hydrogen-bond donors (Lipinski definition) is 4. The van der Waals surface area contributed by atoms with Gasteiger partial charge in [-0.3, -0.25) is 4.79 Å². The summed E-state index contributed by atoms with van der Waals surface area (Å²) in [6.07, 6.45) is 2.07. The molecule has 6 heteroatoms. The van der Waals surface area contributed by atoms with Crippen LogP contribution in [0.2, 0.25) is 0 Å². The van der Waals surface area contributed by atoms with E-state index in [1.807, 2.05) is 42.5 Å². The van der Waals surface area contributed by atoms with Crippen LogP contribution in [0.4, 0.5) is 0 Å². The van der Waals surface area contributed by atoms with Gasteiger partial charge in [0.1, 0.15) is 6.04 Å². The molecule has 0 saturated carbocycles. The molecule has 25 heavy (non-hydrogen) atoms. The Morgan fingerprint density at radius 3 is 2.52 bits per heavy atom. The van der Waals surface area contributed by atoms with Crippen LogP contribution in [0, 0.1) is 0 Å². The van der Waals surface area contributed by atoms with Crippen LogP contribution in [0.1, 0.15) is 24.8 Å². The summed E-state index contributed by atoms with van der Waals surface area (Å²) in [6.45, 7) is 0.501. The number of aliphatic carboxylic acids is 1. The Bertz CT molecular complexity index is 727. The standard InChI is InChI=1S/C19H25N3O3/c20-11-4-3-10-17(19(24)25)22-18(23)16(21)12-14-8-5-7-13-6-1-2-9-15(13)14/h1-2,5-9,16-17H,3-4,10-12,20-21H2,(H,22,23)(H,24,25)/t16-,17-/m0/s1.